The summed E-state index contributed by atoms with van der Waals surface area (Å²) < 4.78 is 10.9. The maximum Gasteiger partial charge on any atom is 0.322 e. The van der Waals surface area contributed by atoms with Crippen LogP contribution in [0.2, 0.25) is 0 Å². The Morgan fingerprint density at radius 3 is 2.46 bits per heavy atom. The number of amides is 4. The van der Waals surface area contributed by atoms with Crippen LogP contribution >= 0.6 is 0 Å². The highest BCUT2D eigenvalue weighted by molar-refractivity contribution is 6.00. The van der Waals surface area contributed by atoms with Crippen LogP contribution in [0.5, 0.6) is 0 Å². The zero-order chi connectivity index (χ0) is 24.8. The van der Waals surface area contributed by atoms with Crippen molar-refractivity contribution in [1.29, 1.82) is 0 Å². The topological polar surface area (TPSA) is 100 Å². The lowest BCUT2D eigenvalue weighted by Crippen LogP contribution is -2.45. The number of terminal acetylenes is 1. The molecule has 0 aliphatic carbocycles. The number of nitrogens with one attached hydrogen (secondary N) is 2. The monoisotopic (exact) mass is 476 g/mol. The average Bonchev–Trinajstić information content (AvgIpc) is 3.30. The lowest BCUT2D eigenvalue weighted by atomic mass is 10.1. The molecule has 2 aliphatic rings. The van der Waals surface area contributed by atoms with Crippen LogP contribution in [0.1, 0.15) is 18.9 Å². The summed E-state index contributed by atoms with van der Waals surface area (Å²) in [5.74, 6) is 2.13. The first-order valence-electron chi connectivity index (χ1n) is 11.5. The van der Waals surface area contributed by atoms with Crippen LogP contribution in [0.3, 0.4) is 0 Å². The summed E-state index contributed by atoms with van der Waals surface area (Å²) in [7, 11) is 0. The maximum absolute atomic E-state index is 13.2. The second kappa shape index (κ2) is 11.0. The molecule has 182 valence electrons. The number of anilines is 3. The number of ether oxygens (including phenoxy) is 2. The highest BCUT2D eigenvalue weighted by atomic mass is 16.5. The zero-order valence-corrected chi connectivity index (χ0v) is 19.5. The number of nitrogens with zero attached hydrogens (tertiary/aromatic N) is 2. The molecule has 4 amide bonds. The Kier molecular flexibility index (Phi) is 7.65. The van der Waals surface area contributed by atoms with Crippen LogP contribution in [-0.4, -0.2) is 67.8 Å². The van der Waals surface area contributed by atoms with E-state index in [0.717, 1.165) is 5.69 Å². The van der Waals surface area contributed by atoms with Gasteiger partial charge in [0.2, 0.25) is 5.91 Å². The van der Waals surface area contributed by atoms with Gasteiger partial charge in [0.1, 0.15) is 12.6 Å². The summed E-state index contributed by atoms with van der Waals surface area (Å²) in [6, 6.07) is 12.9. The Hall–Kier alpha value is -3.87. The fraction of sp³-hybridized carbons (Fsp3) is 0.346. The van der Waals surface area contributed by atoms with Gasteiger partial charge in [0.25, 0.3) is 5.91 Å². The molecule has 2 atom stereocenters. The van der Waals surface area contributed by atoms with Crippen molar-refractivity contribution in [2.45, 2.75) is 25.5 Å². The summed E-state index contributed by atoms with van der Waals surface area (Å²) >= 11 is 0. The van der Waals surface area contributed by atoms with E-state index in [4.69, 9.17) is 15.9 Å². The molecule has 0 spiro atoms. The van der Waals surface area contributed by atoms with Crippen LogP contribution in [0, 0.1) is 12.3 Å². The number of hydrogen-bond acceptors (Lipinski definition) is 5. The van der Waals surface area contributed by atoms with Gasteiger partial charge < -0.3 is 29.9 Å². The minimum absolute atomic E-state index is 0.0626. The van der Waals surface area contributed by atoms with Crippen molar-refractivity contribution in [3.63, 3.8) is 0 Å². The van der Waals surface area contributed by atoms with Crippen LogP contribution in [0.25, 0.3) is 0 Å². The number of morpholine rings is 1. The Morgan fingerprint density at radius 1 is 1.11 bits per heavy atom. The Labute approximate surface area is 204 Å². The van der Waals surface area contributed by atoms with E-state index in [9.17, 15) is 14.4 Å². The lowest BCUT2D eigenvalue weighted by molar-refractivity contribution is -0.125. The van der Waals surface area contributed by atoms with Gasteiger partial charge in [-0.1, -0.05) is 5.92 Å². The number of rotatable bonds is 6. The van der Waals surface area contributed by atoms with Gasteiger partial charge >= 0.3 is 6.03 Å². The van der Waals surface area contributed by atoms with Crippen LogP contribution < -0.4 is 15.5 Å². The molecule has 2 aromatic carbocycles. The van der Waals surface area contributed by atoms with Crippen molar-refractivity contribution in [3.8, 4) is 12.3 Å². The van der Waals surface area contributed by atoms with Gasteiger partial charge in [-0.3, -0.25) is 9.59 Å². The summed E-state index contributed by atoms with van der Waals surface area (Å²) in [4.78, 5) is 41.4. The third-order valence-electron chi connectivity index (χ3n) is 5.96. The summed E-state index contributed by atoms with van der Waals surface area (Å²) in [6.07, 6.45) is 5.54. The molecule has 35 heavy (non-hydrogen) atoms. The molecule has 2 saturated heterocycles. The third kappa shape index (κ3) is 5.80. The van der Waals surface area contributed by atoms with E-state index >= 15 is 0 Å². The first kappa shape index (κ1) is 24.3. The first-order chi connectivity index (χ1) is 17.0. The number of carbonyl (C=O) groups is 3. The molecular formula is C26H28N4O5. The van der Waals surface area contributed by atoms with E-state index < -0.39 is 6.04 Å². The second-order valence-corrected chi connectivity index (χ2v) is 8.27. The predicted octanol–water partition coefficient (Wildman–Crippen LogP) is 2.68. The molecule has 2 heterocycles. The average molecular weight is 477 g/mol. The molecular weight excluding hydrogens is 448 g/mol. The molecule has 0 saturated carbocycles. The van der Waals surface area contributed by atoms with E-state index in [1.54, 1.807) is 53.4 Å². The summed E-state index contributed by atoms with van der Waals surface area (Å²) in [6.45, 7) is 3.71. The fourth-order valence-electron chi connectivity index (χ4n) is 4.21. The Bertz CT molecular complexity index is 1110. The highest BCUT2D eigenvalue weighted by Gasteiger charge is 2.40. The van der Waals surface area contributed by atoms with Crippen molar-refractivity contribution in [3.05, 3.63) is 54.1 Å². The lowest BCUT2D eigenvalue weighted by Gasteiger charge is -2.27. The molecule has 0 bridgehead atoms. The van der Waals surface area contributed by atoms with Gasteiger partial charge in [0.15, 0.2) is 0 Å². The largest absolute Gasteiger partial charge is 0.377 e. The minimum atomic E-state index is -0.697. The number of benzene rings is 2. The third-order valence-corrected chi connectivity index (χ3v) is 5.96. The molecule has 9 heteroatoms. The Balaban J connectivity index is 1.43. The summed E-state index contributed by atoms with van der Waals surface area (Å²) in [5.41, 5.74) is 2.61. The van der Waals surface area contributed by atoms with Gasteiger partial charge in [-0.25, -0.2) is 4.79 Å². The minimum Gasteiger partial charge on any atom is -0.377 e. The molecule has 2 aromatic rings. The normalized spacial score (nSPS) is 19.8. The second-order valence-electron chi connectivity index (χ2n) is 8.27. The van der Waals surface area contributed by atoms with Crippen molar-refractivity contribution < 1.29 is 23.9 Å². The van der Waals surface area contributed by atoms with E-state index in [-0.39, 0.29) is 30.6 Å². The van der Waals surface area contributed by atoms with E-state index in [1.807, 2.05) is 6.92 Å². The molecule has 4 rings (SSSR count). The SMILES string of the molecule is C#Cc1ccc(NC(=O)N2CC(OCC)CC2C(=O)Nc2ccc(N3CCOCC3=O)cc2)cc1. The van der Waals surface area contributed by atoms with Crippen molar-refractivity contribution in [2.24, 2.45) is 0 Å². The standard InChI is InChI=1S/C26H28N4O5/c1-3-18-5-7-20(8-6-18)28-26(33)30-16-22(35-4-2)15-23(30)25(32)27-19-9-11-21(12-10-19)29-13-14-34-17-24(29)31/h1,5-12,22-23H,4,13-17H2,2H3,(H,27,32)(H,28,33). The van der Waals surface area contributed by atoms with Crippen molar-refractivity contribution >= 4 is 34.9 Å². The van der Waals surface area contributed by atoms with Gasteiger partial charge in [0, 0.05) is 48.7 Å². The molecule has 0 radical (unpaired) electrons. The van der Waals surface area contributed by atoms with E-state index in [1.165, 1.54) is 4.90 Å². The van der Waals surface area contributed by atoms with Gasteiger partial charge in [-0.2, -0.15) is 0 Å². The number of hydrogen-bond donors (Lipinski definition) is 2. The number of carbonyl (C=O) groups excluding carboxylic acids is 3. The molecule has 0 aromatic heterocycles. The maximum atomic E-state index is 13.2. The Morgan fingerprint density at radius 2 is 1.80 bits per heavy atom. The van der Waals surface area contributed by atoms with E-state index in [0.29, 0.717) is 49.7 Å². The first-order valence-corrected chi connectivity index (χ1v) is 11.5. The van der Waals surface area contributed by atoms with Gasteiger partial charge in [-0.15, -0.1) is 6.42 Å². The fourth-order valence-corrected chi connectivity index (χ4v) is 4.21. The van der Waals surface area contributed by atoms with Gasteiger partial charge in [-0.05, 0) is 55.5 Å². The van der Waals surface area contributed by atoms with Gasteiger partial charge in [0.05, 0.1) is 12.7 Å². The molecule has 2 fully saturated rings. The van der Waals surface area contributed by atoms with Crippen LogP contribution in [0.15, 0.2) is 48.5 Å². The smallest absolute Gasteiger partial charge is 0.322 e. The number of urea groups is 1. The quantitative estimate of drug-likeness (QED) is 0.625. The van der Waals surface area contributed by atoms with Crippen LogP contribution in [-0.2, 0) is 19.1 Å². The molecule has 2 unspecified atom stereocenters. The molecule has 2 N–H and O–H groups in total. The van der Waals surface area contributed by atoms with Crippen molar-refractivity contribution in [2.75, 3.05) is 48.4 Å². The highest BCUT2D eigenvalue weighted by Crippen LogP contribution is 2.25. The summed E-state index contributed by atoms with van der Waals surface area (Å²) in [5, 5.41) is 5.71. The van der Waals surface area contributed by atoms with Crippen molar-refractivity contribution in [1.82, 2.24) is 4.90 Å². The zero-order valence-electron chi connectivity index (χ0n) is 19.5. The molecule has 2 aliphatic heterocycles. The molecule has 9 nitrogen and oxygen atoms in total. The predicted molar refractivity (Wildman–Crippen MR) is 132 cm³/mol. The number of likely N-dealkylation sites (tertiary alicyclic amines) is 1. The van der Waals surface area contributed by atoms with Crippen LogP contribution in [0.4, 0.5) is 21.9 Å². The van der Waals surface area contributed by atoms with E-state index in [2.05, 4.69) is 16.6 Å².